The van der Waals surface area contributed by atoms with E-state index in [0.717, 1.165) is 25.7 Å². The first-order valence-corrected chi connectivity index (χ1v) is 7.47. The number of aryl methyl sites for hydroxylation is 1. The summed E-state index contributed by atoms with van der Waals surface area (Å²) in [6.07, 6.45) is 4.98. The van der Waals surface area contributed by atoms with Crippen molar-refractivity contribution in [3.05, 3.63) is 11.7 Å². The summed E-state index contributed by atoms with van der Waals surface area (Å²) in [7, 11) is 1.69. The van der Waals surface area contributed by atoms with Gasteiger partial charge in [-0.2, -0.15) is 4.98 Å². The standard InChI is InChI=1S/C15H24N2O4/c1-14(2)7-9-15(20-3,10-8-14)13-16-11(21-17-13)5-4-6-12(18)19/h4-10H2,1-3H3,(H,18,19). The summed E-state index contributed by atoms with van der Waals surface area (Å²) in [5.74, 6) is 0.288. The molecule has 118 valence electrons. The van der Waals surface area contributed by atoms with Crippen molar-refractivity contribution in [2.45, 2.75) is 64.4 Å². The first kappa shape index (κ1) is 15.9. The molecule has 0 aromatic carbocycles. The van der Waals surface area contributed by atoms with Crippen LogP contribution in [0.25, 0.3) is 0 Å². The largest absolute Gasteiger partial charge is 0.481 e. The Hall–Kier alpha value is -1.43. The van der Waals surface area contributed by atoms with Gasteiger partial charge >= 0.3 is 5.97 Å². The number of hydrogen-bond donors (Lipinski definition) is 1. The number of rotatable bonds is 6. The topological polar surface area (TPSA) is 85.5 Å². The van der Waals surface area contributed by atoms with E-state index in [4.69, 9.17) is 14.4 Å². The maximum Gasteiger partial charge on any atom is 0.303 e. The molecule has 1 aromatic heterocycles. The molecule has 1 heterocycles. The highest BCUT2D eigenvalue weighted by Crippen LogP contribution is 2.46. The lowest BCUT2D eigenvalue weighted by molar-refractivity contribution is -0.137. The summed E-state index contributed by atoms with van der Waals surface area (Å²) in [4.78, 5) is 14.9. The number of hydrogen-bond acceptors (Lipinski definition) is 5. The van der Waals surface area contributed by atoms with E-state index >= 15 is 0 Å². The quantitative estimate of drug-likeness (QED) is 0.868. The summed E-state index contributed by atoms with van der Waals surface area (Å²) in [6, 6.07) is 0. The van der Waals surface area contributed by atoms with Crippen LogP contribution in [0.5, 0.6) is 0 Å². The van der Waals surface area contributed by atoms with Crippen molar-refractivity contribution in [3.8, 4) is 0 Å². The Morgan fingerprint density at radius 2 is 2.00 bits per heavy atom. The second-order valence-corrected chi connectivity index (χ2v) is 6.62. The van der Waals surface area contributed by atoms with Gasteiger partial charge in [0.25, 0.3) is 0 Å². The third-order valence-corrected chi connectivity index (χ3v) is 4.46. The zero-order valence-electron chi connectivity index (χ0n) is 13.0. The van der Waals surface area contributed by atoms with Gasteiger partial charge < -0.3 is 14.4 Å². The smallest absolute Gasteiger partial charge is 0.303 e. The van der Waals surface area contributed by atoms with Gasteiger partial charge in [0.15, 0.2) is 0 Å². The number of carboxylic acids is 1. The van der Waals surface area contributed by atoms with Crippen LogP contribution in [-0.4, -0.2) is 28.3 Å². The molecule has 1 aromatic rings. The number of aromatic nitrogens is 2. The summed E-state index contributed by atoms with van der Waals surface area (Å²) in [5.41, 5.74) is -0.125. The van der Waals surface area contributed by atoms with Gasteiger partial charge in [0.05, 0.1) is 0 Å². The summed E-state index contributed by atoms with van der Waals surface area (Å²) in [6.45, 7) is 4.53. The minimum absolute atomic E-state index is 0.112. The van der Waals surface area contributed by atoms with E-state index in [1.807, 2.05) is 0 Å². The van der Waals surface area contributed by atoms with Gasteiger partial charge in [0, 0.05) is 20.0 Å². The third-order valence-electron chi connectivity index (χ3n) is 4.46. The number of carboxylic acid groups (broad SMARTS) is 1. The first-order chi connectivity index (χ1) is 9.87. The van der Waals surface area contributed by atoms with E-state index in [9.17, 15) is 4.79 Å². The molecule has 21 heavy (non-hydrogen) atoms. The molecule has 0 amide bonds. The summed E-state index contributed by atoms with van der Waals surface area (Å²) in [5, 5.41) is 12.7. The number of carbonyl (C=O) groups is 1. The Morgan fingerprint density at radius 1 is 1.33 bits per heavy atom. The molecule has 0 bridgehead atoms. The van der Waals surface area contributed by atoms with Crippen LogP contribution in [0.4, 0.5) is 0 Å². The molecule has 1 fully saturated rings. The van der Waals surface area contributed by atoms with Gasteiger partial charge in [-0.3, -0.25) is 4.79 Å². The van der Waals surface area contributed by atoms with E-state index in [-0.39, 0.29) is 6.42 Å². The number of nitrogens with zero attached hydrogens (tertiary/aromatic N) is 2. The Kier molecular flexibility index (Phi) is 4.66. The highest BCUT2D eigenvalue weighted by Gasteiger charge is 2.43. The summed E-state index contributed by atoms with van der Waals surface area (Å²) < 4.78 is 11.0. The predicted molar refractivity (Wildman–Crippen MR) is 75.8 cm³/mol. The van der Waals surface area contributed by atoms with Crippen molar-refractivity contribution in [3.63, 3.8) is 0 Å². The fraction of sp³-hybridized carbons (Fsp3) is 0.800. The lowest BCUT2D eigenvalue weighted by Crippen LogP contribution is -2.37. The number of methoxy groups -OCH3 is 1. The molecule has 1 aliphatic carbocycles. The molecule has 0 spiro atoms. The van der Waals surface area contributed by atoms with Gasteiger partial charge in [0.2, 0.25) is 11.7 Å². The second-order valence-electron chi connectivity index (χ2n) is 6.62. The lowest BCUT2D eigenvalue weighted by atomic mass is 9.70. The van der Waals surface area contributed by atoms with Crippen LogP contribution < -0.4 is 0 Å². The molecule has 0 atom stereocenters. The van der Waals surface area contributed by atoms with Crippen LogP contribution in [0.15, 0.2) is 4.52 Å². The molecule has 0 aliphatic heterocycles. The fourth-order valence-electron chi connectivity index (χ4n) is 2.78. The van der Waals surface area contributed by atoms with Crippen molar-refractivity contribution in [1.82, 2.24) is 10.1 Å². The molecule has 1 N–H and O–H groups in total. The zero-order valence-corrected chi connectivity index (χ0v) is 13.0. The van der Waals surface area contributed by atoms with E-state index in [1.165, 1.54) is 0 Å². The molecule has 6 nitrogen and oxygen atoms in total. The SMILES string of the molecule is COC1(c2noc(CCCC(=O)O)n2)CCC(C)(C)CC1. The maximum absolute atomic E-state index is 10.5. The Morgan fingerprint density at radius 3 is 2.57 bits per heavy atom. The molecule has 6 heteroatoms. The van der Waals surface area contributed by atoms with Crippen LogP contribution in [0.2, 0.25) is 0 Å². The van der Waals surface area contributed by atoms with Crippen molar-refractivity contribution in [1.29, 1.82) is 0 Å². The molecule has 1 aliphatic rings. The monoisotopic (exact) mass is 296 g/mol. The second kappa shape index (κ2) is 6.13. The third kappa shape index (κ3) is 3.81. The fourth-order valence-corrected chi connectivity index (χ4v) is 2.78. The Bertz CT molecular complexity index is 486. The lowest BCUT2D eigenvalue weighted by Gasteiger charge is -2.40. The molecule has 0 unspecified atom stereocenters. The van der Waals surface area contributed by atoms with Crippen LogP contribution in [0.3, 0.4) is 0 Å². The Labute approximate surface area is 124 Å². The molecular formula is C15H24N2O4. The average Bonchev–Trinajstić information content (AvgIpc) is 2.88. The van der Waals surface area contributed by atoms with Crippen molar-refractivity contribution in [2.75, 3.05) is 7.11 Å². The molecular weight excluding hydrogens is 272 g/mol. The van der Waals surface area contributed by atoms with E-state index in [2.05, 4.69) is 24.0 Å². The van der Waals surface area contributed by atoms with Crippen molar-refractivity contribution < 1.29 is 19.2 Å². The van der Waals surface area contributed by atoms with Gasteiger partial charge in [-0.1, -0.05) is 19.0 Å². The minimum Gasteiger partial charge on any atom is -0.481 e. The highest BCUT2D eigenvalue weighted by molar-refractivity contribution is 5.66. The van der Waals surface area contributed by atoms with Crippen LogP contribution in [-0.2, 0) is 21.6 Å². The van der Waals surface area contributed by atoms with Crippen LogP contribution in [0.1, 0.15) is 64.1 Å². The van der Waals surface area contributed by atoms with Gasteiger partial charge in [-0.25, -0.2) is 0 Å². The molecule has 0 radical (unpaired) electrons. The predicted octanol–water partition coefficient (Wildman–Crippen LogP) is 2.92. The van der Waals surface area contributed by atoms with Crippen molar-refractivity contribution >= 4 is 5.97 Å². The van der Waals surface area contributed by atoms with Crippen LogP contribution in [0, 0.1) is 5.41 Å². The maximum atomic E-state index is 10.5. The Balaban J connectivity index is 2.03. The zero-order chi connectivity index (χ0) is 15.5. The van der Waals surface area contributed by atoms with Crippen molar-refractivity contribution in [2.24, 2.45) is 5.41 Å². The van der Waals surface area contributed by atoms with E-state index in [1.54, 1.807) is 7.11 Å². The number of aliphatic carboxylic acids is 1. The number of ether oxygens (including phenoxy) is 1. The van der Waals surface area contributed by atoms with E-state index in [0.29, 0.717) is 30.0 Å². The normalized spacial score (nSPS) is 20.3. The molecule has 0 saturated heterocycles. The van der Waals surface area contributed by atoms with E-state index < -0.39 is 11.6 Å². The minimum atomic E-state index is -0.808. The van der Waals surface area contributed by atoms with Crippen LogP contribution >= 0.6 is 0 Å². The highest BCUT2D eigenvalue weighted by atomic mass is 16.5. The van der Waals surface area contributed by atoms with Gasteiger partial charge in [0.1, 0.15) is 5.60 Å². The average molecular weight is 296 g/mol. The van der Waals surface area contributed by atoms with Gasteiger partial charge in [-0.05, 0) is 37.5 Å². The molecule has 1 saturated carbocycles. The summed E-state index contributed by atoms with van der Waals surface area (Å²) >= 11 is 0. The van der Waals surface area contributed by atoms with Gasteiger partial charge in [-0.15, -0.1) is 0 Å². The molecule has 2 rings (SSSR count). The first-order valence-electron chi connectivity index (χ1n) is 7.47.